The van der Waals surface area contributed by atoms with Crippen LogP contribution in [0.3, 0.4) is 0 Å². The second-order valence-corrected chi connectivity index (χ2v) is 4.37. The Kier molecular flexibility index (Phi) is 3.33. The van der Waals surface area contributed by atoms with Gasteiger partial charge in [-0.25, -0.2) is 4.79 Å². The summed E-state index contributed by atoms with van der Waals surface area (Å²) in [5, 5.41) is 0. The fraction of sp³-hybridized carbons (Fsp3) is 0.545. The van der Waals surface area contributed by atoms with Crippen molar-refractivity contribution in [2.75, 3.05) is 0 Å². The average molecular weight is 239 g/mol. The molecule has 0 unspecified atom stereocenters. The van der Waals surface area contributed by atoms with Gasteiger partial charge in [0, 0.05) is 18.2 Å². The van der Waals surface area contributed by atoms with Crippen molar-refractivity contribution >= 4 is 12.2 Å². The summed E-state index contributed by atoms with van der Waals surface area (Å²) in [7, 11) is 0. The molecular weight excluding hydrogens is 226 g/mol. The van der Waals surface area contributed by atoms with Crippen LogP contribution in [0.5, 0.6) is 0 Å². The third kappa shape index (κ3) is 2.29. The number of aromatic nitrogens is 1. The normalized spacial score (nSPS) is 17.2. The van der Waals surface area contributed by atoms with Crippen molar-refractivity contribution in [2.24, 2.45) is 0 Å². The summed E-state index contributed by atoms with van der Waals surface area (Å²) in [5.74, 6) is 0. The fourth-order valence-corrected chi connectivity index (χ4v) is 2.47. The molecule has 1 fully saturated rings. The molecule has 5 heteroatoms. The van der Waals surface area contributed by atoms with Crippen molar-refractivity contribution in [3.63, 3.8) is 0 Å². The van der Waals surface area contributed by atoms with E-state index in [0.717, 1.165) is 31.7 Å². The number of nitrogens with zero attached hydrogens (tertiary/aromatic N) is 1. The van der Waals surface area contributed by atoms with Crippen LogP contribution in [-0.2, 0) is 0 Å². The Morgan fingerprint density at radius 2 is 1.88 bits per heavy atom. The zero-order valence-electron chi connectivity index (χ0n) is 8.85. The van der Waals surface area contributed by atoms with Crippen molar-refractivity contribution < 1.29 is 4.42 Å². The monoisotopic (exact) mass is 239 g/mol. The molecule has 4 nitrogen and oxygen atoms in total. The van der Waals surface area contributed by atoms with Crippen LogP contribution < -0.4 is 11.2 Å². The summed E-state index contributed by atoms with van der Waals surface area (Å²) in [5.41, 5.74) is -0.820. The second-order valence-electron chi connectivity index (χ2n) is 4.02. The molecule has 0 radical (unpaired) electrons. The molecule has 1 aromatic heterocycles. The number of rotatable bonds is 1. The maximum absolute atomic E-state index is 11.8. The Hall–Kier alpha value is -1.23. The Morgan fingerprint density at radius 3 is 2.56 bits per heavy atom. The van der Waals surface area contributed by atoms with Gasteiger partial charge in [0.05, 0.1) is 0 Å². The largest absolute Gasteiger partial charge is 0.395 e. The Labute approximate surface area is 97.5 Å². The zero-order chi connectivity index (χ0) is 11.5. The highest BCUT2D eigenvalue weighted by molar-refractivity contribution is 7.71. The van der Waals surface area contributed by atoms with Gasteiger partial charge in [-0.05, 0) is 25.1 Å². The SMILES string of the molecule is O=c1ccc(=O)n(C2CCCCC2)c(=S)o1. The van der Waals surface area contributed by atoms with E-state index in [0.29, 0.717) is 0 Å². The molecule has 1 aromatic rings. The molecule has 0 atom stereocenters. The van der Waals surface area contributed by atoms with Crippen LogP contribution in [-0.4, -0.2) is 4.57 Å². The summed E-state index contributed by atoms with van der Waals surface area (Å²) in [4.78, 5) is 22.9. The van der Waals surface area contributed by atoms with Crippen LogP contribution in [0.1, 0.15) is 38.1 Å². The summed E-state index contributed by atoms with van der Waals surface area (Å²) in [6.07, 6.45) is 5.24. The molecule has 0 spiro atoms. The lowest BCUT2D eigenvalue weighted by atomic mass is 9.95. The standard InChI is InChI=1S/C11H13NO3S/c13-9-6-7-10(14)15-11(16)12(9)8-4-2-1-3-5-8/h6-8H,1-5H2. The first-order chi connectivity index (χ1) is 7.68. The molecule has 0 amide bonds. The molecule has 0 aromatic carbocycles. The molecule has 1 saturated carbocycles. The van der Waals surface area contributed by atoms with Crippen molar-refractivity contribution in [3.05, 3.63) is 37.7 Å². The van der Waals surface area contributed by atoms with E-state index < -0.39 is 5.63 Å². The highest BCUT2D eigenvalue weighted by Crippen LogP contribution is 2.26. The van der Waals surface area contributed by atoms with Gasteiger partial charge in [0.2, 0.25) is 0 Å². The van der Waals surface area contributed by atoms with Crippen molar-refractivity contribution in [1.82, 2.24) is 4.57 Å². The average Bonchev–Trinajstić information content (AvgIpc) is 2.39. The quantitative estimate of drug-likeness (QED) is 0.704. The summed E-state index contributed by atoms with van der Waals surface area (Å²) in [6, 6.07) is 2.44. The van der Waals surface area contributed by atoms with E-state index in [1.807, 2.05) is 0 Å². The molecule has 0 bridgehead atoms. The predicted octanol–water partition coefficient (Wildman–Crippen LogP) is 2.04. The molecule has 0 saturated heterocycles. The third-order valence-corrected chi connectivity index (χ3v) is 3.20. The fourth-order valence-electron chi connectivity index (χ4n) is 2.15. The summed E-state index contributed by atoms with van der Waals surface area (Å²) in [6.45, 7) is 0. The molecule has 16 heavy (non-hydrogen) atoms. The molecule has 1 heterocycles. The zero-order valence-corrected chi connectivity index (χ0v) is 9.66. The summed E-state index contributed by atoms with van der Waals surface area (Å²) < 4.78 is 6.30. The van der Waals surface area contributed by atoms with E-state index in [1.54, 1.807) is 0 Å². The Morgan fingerprint density at radius 1 is 1.19 bits per heavy atom. The topological polar surface area (TPSA) is 52.2 Å². The highest BCUT2D eigenvalue weighted by atomic mass is 32.1. The van der Waals surface area contributed by atoms with Gasteiger partial charge >= 0.3 is 5.63 Å². The van der Waals surface area contributed by atoms with Crippen LogP contribution in [0.15, 0.2) is 26.1 Å². The van der Waals surface area contributed by atoms with Gasteiger partial charge in [0.15, 0.2) is 0 Å². The Bertz CT molecular complexity index is 540. The van der Waals surface area contributed by atoms with E-state index in [-0.39, 0.29) is 16.4 Å². The van der Waals surface area contributed by atoms with Crippen LogP contribution in [0, 0.1) is 4.84 Å². The third-order valence-electron chi connectivity index (χ3n) is 2.92. The van der Waals surface area contributed by atoms with Crippen LogP contribution in [0.2, 0.25) is 0 Å². The maximum Gasteiger partial charge on any atom is 0.338 e. The van der Waals surface area contributed by atoms with E-state index in [9.17, 15) is 9.59 Å². The molecule has 86 valence electrons. The van der Waals surface area contributed by atoms with Gasteiger partial charge in [-0.1, -0.05) is 19.3 Å². The number of hydrogen-bond acceptors (Lipinski definition) is 4. The molecule has 0 N–H and O–H groups in total. The molecule has 1 aliphatic carbocycles. The van der Waals surface area contributed by atoms with E-state index in [1.165, 1.54) is 17.1 Å². The van der Waals surface area contributed by atoms with Crippen molar-refractivity contribution in [3.8, 4) is 0 Å². The van der Waals surface area contributed by atoms with Gasteiger partial charge < -0.3 is 4.42 Å². The van der Waals surface area contributed by atoms with E-state index >= 15 is 0 Å². The van der Waals surface area contributed by atoms with Crippen LogP contribution in [0.4, 0.5) is 0 Å². The first-order valence-electron chi connectivity index (χ1n) is 5.45. The van der Waals surface area contributed by atoms with Gasteiger partial charge in [-0.2, -0.15) is 0 Å². The highest BCUT2D eigenvalue weighted by Gasteiger charge is 2.17. The maximum atomic E-state index is 11.8. The lowest BCUT2D eigenvalue weighted by Gasteiger charge is -2.22. The molecule has 1 aliphatic rings. The minimum Gasteiger partial charge on any atom is -0.395 e. The van der Waals surface area contributed by atoms with Crippen LogP contribution in [0.25, 0.3) is 0 Å². The Balaban J connectivity index is 2.56. The van der Waals surface area contributed by atoms with Crippen molar-refractivity contribution in [2.45, 2.75) is 38.1 Å². The molecular formula is C11H13NO3S. The minimum atomic E-state index is -0.573. The van der Waals surface area contributed by atoms with Gasteiger partial charge in [0.1, 0.15) is 0 Å². The van der Waals surface area contributed by atoms with Crippen LogP contribution >= 0.6 is 12.2 Å². The summed E-state index contributed by atoms with van der Waals surface area (Å²) >= 11 is 4.97. The van der Waals surface area contributed by atoms with Gasteiger partial charge in [-0.15, -0.1) is 0 Å². The first kappa shape index (κ1) is 11.3. The smallest absolute Gasteiger partial charge is 0.338 e. The number of hydrogen-bond donors (Lipinski definition) is 0. The van der Waals surface area contributed by atoms with E-state index in [2.05, 4.69) is 0 Å². The minimum absolute atomic E-state index is 0.00750. The van der Waals surface area contributed by atoms with E-state index in [4.69, 9.17) is 16.6 Å². The molecule has 0 aliphatic heterocycles. The van der Waals surface area contributed by atoms with Gasteiger partial charge in [0.25, 0.3) is 10.4 Å². The van der Waals surface area contributed by atoms with Crippen molar-refractivity contribution in [1.29, 1.82) is 0 Å². The second kappa shape index (κ2) is 4.74. The predicted molar refractivity (Wildman–Crippen MR) is 62.2 cm³/mol. The first-order valence-corrected chi connectivity index (χ1v) is 5.86. The molecule has 2 rings (SSSR count). The lowest BCUT2D eigenvalue weighted by Crippen LogP contribution is -2.24. The lowest BCUT2D eigenvalue weighted by molar-refractivity contribution is 0.314. The van der Waals surface area contributed by atoms with Gasteiger partial charge in [-0.3, -0.25) is 9.36 Å².